The van der Waals surface area contributed by atoms with Crippen LogP contribution in [0, 0.1) is 5.82 Å². The van der Waals surface area contributed by atoms with Gasteiger partial charge in [0.1, 0.15) is 11.6 Å². The van der Waals surface area contributed by atoms with Gasteiger partial charge < -0.3 is 5.11 Å². The first-order valence-corrected chi connectivity index (χ1v) is 5.54. The van der Waals surface area contributed by atoms with Crippen molar-refractivity contribution in [2.75, 3.05) is 0 Å². The maximum absolute atomic E-state index is 13.3. The number of halogens is 2. The third kappa shape index (κ3) is 2.33. The minimum atomic E-state index is -1.23. The largest absolute Gasteiger partial charge is 0.475 e. The lowest BCUT2D eigenvalue weighted by Gasteiger charge is -2.04. The van der Waals surface area contributed by atoms with Crippen molar-refractivity contribution in [1.82, 2.24) is 14.8 Å². The highest BCUT2D eigenvalue weighted by Crippen LogP contribution is 2.18. The van der Waals surface area contributed by atoms with Crippen LogP contribution >= 0.6 is 11.6 Å². The van der Waals surface area contributed by atoms with Crippen molar-refractivity contribution in [1.29, 1.82) is 0 Å². The van der Waals surface area contributed by atoms with Gasteiger partial charge in [0.25, 0.3) is 5.82 Å². The summed E-state index contributed by atoms with van der Waals surface area (Å²) < 4.78 is 14.5. The lowest BCUT2D eigenvalue weighted by Crippen LogP contribution is -2.03. The number of carboxylic acid groups (broad SMARTS) is 1. The van der Waals surface area contributed by atoms with Gasteiger partial charge in [0.2, 0.25) is 0 Å². The normalized spacial score (nSPS) is 10.6. The Balaban J connectivity index is 2.58. The van der Waals surface area contributed by atoms with Gasteiger partial charge >= 0.3 is 5.97 Å². The van der Waals surface area contributed by atoms with Crippen molar-refractivity contribution in [2.45, 2.75) is 13.3 Å². The molecule has 0 fully saturated rings. The van der Waals surface area contributed by atoms with E-state index in [0.29, 0.717) is 17.9 Å². The summed E-state index contributed by atoms with van der Waals surface area (Å²) in [5.74, 6) is -1.65. The van der Waals surface area contributed by atoms with Crippen LogP contribution in [0.4, 0.5) is 4.39 Å². The summed E-state index contributed by atoms with van der Waals surface area (Å²) in [4.78, 5) is 14.7. The third-order valence-electron chi connectivity index (χ3n) is 2.27. The van der Waals surface area contributed by atoms with Gasteiger partial charge in [-0.1, -0.05) is 18.5 Å². The van der Waals surface area contributed by atoms with Crippen molar-refractivity contribution in [2.24, 2.45) is 0 Å². The number of rotatable bonds is 3. The summed E-state index contributed by atoms with van der Waals surface area (Å²) in [5, 5.41) is 12.9. The standard InChI is InChI=1S/C11H9ClFN3O2/c1-2-9-14-10(11(17)18)15-16(9)8-4-6(12)3-7(13)5-8/h3-5H,2H2,1H3,(H,17,18). The Morgan fingerprint density at radius 3 is 2.78 bits per heavy atom. The summed E-state index contributed by atoms with van der Waals surface area (Å²) in [6, 6.07) is 3.86. The lowest BCUT2D eigenvalue weighted by atomic mass is 10.3. The van der Waals surface area contributed by atoms with Gasteiger partial charge in [-0.25, -0.2) is 18.9 Å². The van der Waals surface area contributed by atoms with Crippen LogP contribution in [0.2, 0.25) is 5.02 Å². The van der Waals surface area contributed by atoms with E-state index in [1.54, 1.807) is 6.92 Å². The van der Waals surface area contributed by atoms with Crippen LogP contribution in [0.5, 0.6) is 0 Å². The van der Waals surface area contributed by atoms with E-state index in [0.717, 1.165) is 6.07 Å². The Bertz CT molecular complexity index is 592. The number of aromatic carboxylic acids is 1. The van der Waals surface area contributed by atoms with E-state index in [4.69, 9.17) is 16.7 Å². The highest BCUT2D eigenvalue weighted by atomic mass is 35.5. The fourth-order valence-electron chi connectivity index (χ4n) is 1.53. The van der Waals surface area contributed by atoms with Crippen LogP contribution in [0.25, 0.3) is 5.69 Å². The Labute approximate surface area is 107 Å². The molecule has 7 heteroatoms. The SMILES string of the molecule is CCc1nc(C(=O)O)nn1-c1cc(F)cc(Cl)c1. The number of aryl methyl sites for hydroxylation is 1. The zero-order valence-electron chi connectivity index (χ0n) is 9.39. The van der Waals surface area contributed by atoms with E-state index in [1.165, 1.54) is 16.8 Å². The number of hydrogen-bond acceptors (Lipinski definition) is 3. The minimum absolute atomic E-state index is 0.208. The molecule has 94 valence electrons. The molecule has 0 saturated heterocycles. The summed E-state index contributed by atoms with van der Waals surface area (Å²) in [6.45, 7) is 1.80. The Hall–Kier alpha value is -1.95. The van der Waals surface area contributed by atoms with Gasteiger partial charge in [-0.3, -0.25) is 0 Å². The molecular formula is C11H9ClFN3O2. The first kappa shape index (κ1) is 12.5. The van der Waals surface area contributed by atoms with Gasteiger partial charge in [0.15, 0.2) is 0 Å². The summed E-state index contributed by atoms with van der Waals surface area (Å²) in [5.41, 5.74) is 0.344. The van der Waals surface area contributed by atoms with Crippen LogP contribution in [0.3, 0.4) is 0 Å². The molecule has 1 aromatic carbocycles. The van der Waals surface area contributed by atoms with Crippen LogP contribution < -0.4 is 0 Å². The van der Waals surface area contributed by atoms with E-state index in [9.17, 15) is 9.18 Å². The van der Waals surface area contributed by atoms with Crippen LogP contribution in [-0.4, -0.2) is 25.8 Å². The van der Waals surface area contributed by atoms with E-state index in [1.807, 2.05) is 0 Å². The molecule has 1 aromatic heterocycles. The average molecular weight is 270 g/mol. The van der Waals surface area contributed by atoms with Crippen molar-refractivity contribution >= 4 is 17.6 Å². The predicted molar refractivity (Wildman–Crippen MR) is 62.7 cm³/mol. The van der Waals surface area contributed by atoms with Crippen molar-refractivity contribution in [3.8, 4) is 5.69 Å². The van der Waals surface area contributed by atoms with E-state index >= 15 is 0 Å². The Kier molecular flexibility index (Phi) is 3.29. The fourth-order valence-corrected chi connectivity index (χ4v) is 1.75. The number of hydrogen-bond donors (Lipinski definition) is 1. The van der Waals surface area contributed by atoms with Crippen LogP contribution in [-0.2, 0) is 6.42 Å². The van der Waals surface area contributed by atoms with Gasteiger partial charge in [-0.2, -0.15) is 0 Å². The molecule has 2 aromatic rings. The molecule has 0 aliphatic heterocycles. The molecule has 0 atom stereocenters. The smallest absolute Gasteiger partial charge is 0.375 e. The molecule has 2 rings (SSSR count). The molecule has 0 spiro atoms. The second-order valence-corrected chi connectivity index (χ2v) is 3.99. The predicted octanol–water partition coefficient (Wildman–Crippen LogP) is 2.32. The highest BCUT2D eigenvalue weighted by Gasteiger charge is 2.16. The van der Waals surface area contributed by atoms with Gasteiger partial charge in [0.05, 0.1) is 5.69 Å². The highest BCUT2D eigenvalue weighted by molar-refractivity contribution is 6.30. The molecule has 0 unspecified atom stereocenters. The zero-order chi connectivity index (χ0) is 13.3. The second kappa shape index (κ2) is 4.73. The van der Waals surface area contributed by atoms with E-state index in [2.05, 4.69) is 10.1 Å². The molecule has 5 nitrogen and oxygen atoms in total. The average Bonchev–Trinajstić information content (AvgIpc) is 2.71. The van der Waals surface area contributed by atoms with Gasteiger partial charge in [0, 0.05) is 11.4 Å². The number of carboxylic acids is 1. The first-order chi connectivity index (χ1) is 8.51. The molecule has 18 heavy (non-hydrogen) atoms. The molecule has 0 amide bonds. The summed E-state index contributed by atoms with van der Waals surface area (Å²) in [7, 11) is 0. The monoisotopic (exact) mass is 269 g/mol. The maximum Gasteiger partial charge on any atom is 0.375 e. The molecule has 0 aliphatic rings. The fraction of sp³-hybridized carbons (Fsp3) is 0.182. The molecule has 0 radical (unpaired) electrons. The van der Waals surface area contributed by atoms with Crippen molar-refractivity contribution in [3.63, 3.8) is 0 Å². The topological polar surface area (TPSA) is 68.0 Å². The molecule has 1 heterocycles. The summed E-state index contributed by atoms with van der Waals surface area (Å²) >= 11 is 5.75. The van der Waals surface area contributed by atoms with Crippen molar-refractivity contribution < 1.29 is 14.3 Å². The maximum atomic E-state index is 13.3. The minimum Gasteiger partial charge on any atom is -0.475 e. The number of aromatic nitrogens is 3. The van der Waals surface area contributed by atoms with Gasteiger partial charge in [-0.15, -0.1) is 5.10 Å². The summed E-state index contributed by atoms with van der Waals surface area (Å²) in [6.07, 6.45) is 0.467. The van der Waals surface area contributed by atoms with Gasteiger partial charge in [-0.05, 0) is 18.2 Å². The lowest BCUT2D eigenvalue weighted by molar-refractivity contribution is 0.0683. The number of carbonyl (C=O) groups is 1. The Morgan fingerprint density at radius 2 is 2.22 bits per heavy atom. The van der Waals surface area contributed by atoms with Crippen LogP contribution in [0.15, 0.2) is 18.2 Å². The molecule has 0 saturated carbocycles. The van der Waals surface area contributed by atoms with E-state index < -0.39 is 11.8 Å². The molecule has 1 N–H and O–H groups in total. The number of nitrogens with zero attached hydrogens (tertiary/aromatic N) is 3. The second-order valence-electron chi connectivity index (χ2n) is 3.55. The van der Waals surface area contributed by atoms with Crippen LogP contribution in [0.1, 0.15) is 23.4 Å². The quantitative estimate of drug-likeness (QED) is 0.928. The number of benzene rings is 1. The van der Waals surface area contributed by atoms with Crippen molar-refractivity contribution in [3.05, 3.63) is 40.7 Å². The Morgan fingerprint density at radius 1 is 1.50 bits per heavy atom. The molecular weight excluding hydrogens is 261 g/mol. The third-order valence-corrected chi connectivity index (χ3v) is 2.49. The zero-order valence-corrected chi connectivity index (χ0v) is 10.1. The molecule has 0 aliphatic carbocycles. The van der Waals surface area contributed by atoms with E-state index in [-0.39, 0.29) is 10.8 Å². The molecule has 0 bridgehead atoms. The first-order valence-electron chi connectivity index (χ1n) is 5.17.